The number of nitrogens with one attached hydrogen (secondary N) is 2. The van der Waals surface area contributed by atoms with E-state index in [9.17, 15) is 4.79 Å². The number of anilines is 1. The van der Waals surface area contributed by atoms with E-state index < -0.39 is 0 Å². The number of carbonyl (C=O) groups excluding carboxylic acids is 1. The molecule has 24 heavy (non-hydrogen) atoms. The highest BCUT2D eigenvalue weighted by Gasteiger charge is 2.26. The minimum atomic E-state index is -0.297. The second-order valence-corrected chi connectivity index (χ2v) is 5.95. The van der Waals surface area contributed by atoms with Crippen LogP contribution in [-0.4, -0.2) is 35.4 Å². The molecule has 0 unspecified atom stereocenters. The third-order valence-electron chi connectivity index (χ3n) is 4.25. The monoisotopic (exact) mass is 325 g/mol. The van der Waals surface area contributed by atoms with Crippen molar-refractivity contribution in [1.29, 1.82) is 0 Å². The van der Waals surface area contributed by atoms with Gasteiger partial charge in [0.25, 0.3) is 5.91 Å². The molecule has 0 spiro atoms. The number of nitrogens with zero attached hydrogens (tertiary/aromatic N) is 3. The number of hydrogen-bond acceptors (Lipinski definition) is 4. The molecule has 2 aromatic rings. The van der Waals surface area contributed by atoms with Gasteiger partial charge in [0.15, 0.2) is 5.69 Å². The highest BCUT2D eigenvalue weighted by molar-refractivity contribution is 5.93. The first kappa shape index (κ1) is 16.2. The molecule has 1 aromatic heterocycles. The fourth-order valence-electron chi connectivity index (χ4n) is 2.64. The molecule has 1 aliphatic rings. The van der Waals surface area contributed by atoms with Crippen molar-refractivity contribution in [1.82, 2.24) is 15.6 Å². The van der Waals surface area contributed by atoms with Crippen LogP contribution in [0.1, 0.15) is 54.4 Å². The fraction of sp³-hybridized carbons (Fsp3) is 0.389. The van der Waals surface area contributed by atoms with Gasteiger partial charge in [-0.15, -0.1) is 0 Å². The van der Waals surface area contributed by atoms with Gasteiger partial charge in [0.2, 0.25) is 0 Å². The van der Waals surface area contributed by atoms with Crippen LogP contribution in [0.2, 0.25) is 0 Å². The number of aromatic amines is 1. The first-order valence-electron chi connectivity index (χ1n) is 8.45. The molecule has 1 fully saturated rings. The van der Waals surface area contributed by atoms with Crippen LogP contribution < -0.4 is 10.3 Å². The maximum absolute atomic E-state index is 12.0. The van der Waals surface area contributed by atoms with Crippen molar-refractivity contribution in [2.75, 3.05) is 18.0 Å². The van der Waals surface area contributed by atoms with Crippen molar-refractivity contribution < 1.29 is 4.79 Å². The van der Waals surface area contributed by atoms with Crippen LogP contribution in [0.5, 0.6) is 0 Å². The molecular weight excluding hydrogens is 302 g/mol. The Bertz CT molecular complexity index is 711. The fourth-order valence-corrected chi connectivity index (χ4v) is 2.64. The molecule has 0 saturated heterocycles. The zero-order valence-corrected chi connectivity index (χ0v) is 14.1. The zero-order chi connectivity index (χ0) is 16.9. The van der Waals surface area contributed by atoms with E-state index in [1.54, 1.807) is 12.3 Å². The summed E-state index contributed by atoms with van der Waals surface area (Å²) < 4.78 is 0. The standard InChI is InChI=1S/C18H23N5O/c1-3-23(4-2)15-9-5-13(6-10-15)12-19-22-18(24)17-11-16(20-21-17)14-7-8-14/h5-6,9-12,14H,3-4,7-8H2,1-2H3,(H,20,21)(H,22,24). The molecule has 1 aliphatic carbocycles. The molecule has 0 atom stereocenters. The van der Waals surface area contributed by atoms with Crippen molar-refractivity contribution in [3.63, 3.8) is 0 Å². The summed E-state index contributed by atoms with van der Waals surface area (Å²) >= 11 is 0. The van der Waals surface area contributed by atoms with Gasteiger partial charge in [-0.2, -0.15) is 10.2 Å². The second-order valence-electron chi connectivity index (χ2n) is 5.95. The summed E-state index contributed by atoms with van der Waals surface area (Å²) in [6, 6.07) is 9.91. The lowest BCUT2D eigenvalue weighted by Gasteiger charge is -2.20. The predicted octanol–water partition coefficient (Wildman–Crippen LogP) is 2.90. The summed E-state index contributed by atoms with van der Waals surface area (Å²) in [5.74, 6) is 0.251. The number of H-pyrrole nitrogens is 1. The van der Waals surface area contributed by atoms with E-state index in [2.05, 4.69) is 51.6 Å². The summed E-state index contributed by atoms with van der Waals surface area (Å²) in [4.78, 5) is 14.3. The molecule has 3 rings (SSSR count). The molecule has 1 saturated carbocycles. The van der Waals surface area contributed by atoms with Crippen LogP contribution in [0.4, 0.5) is 5.69 Å². The number of hydrazone groups is 1. The van der Waals surface area contributed by atoms with Gasteiger partial charge in [-0.05, 0) is 50.5 Å². The second kappa shape index (κ2) is 7.29. The summed E-state index contributed by atoms with van der Waals surface area (Å²) in [7, 11) is 0. The Morgan fingerprint density at radius 3 is 2.67 bits per heavy atom. The normalized spacial score (nSPS) is 14.1. The number of rotatable bonds is 7. The van der Waals surface area contributed by atoms with E-state index in [0.717, 1.165) is 24.3 Å². The van der Waals surface area contributed by atoms with Crippen molar-refractivity contribution >= 4 is 17.8 Å². The zero-order valence-electron chi connectivity index (χ0n) is 14.1. The molecule has 126 valence electrons. The Balaban J connectivity index is 1.56. The van der Waals surface area contributed by atoms with Crippen molar-refractivity contribution in [2.45, 2.75) is 32.6 Å². The highest BCUT2D eigenvalue weighted by atomic mass is 16.2. The molecule has 1 amide bonds. The predicted molar refractivity (Wildman–Crippen MR) is 95.6 cm³/mol. The number of carbonyl (C=O) groups is 1. The van der Waals surface area contributed by atoms with E-state index in [0.29, 0.717) is 11.6 Å². The Kier molecular flexibility index (Phi) is 4.93. The van der Waals surface area contributed by atoms with E-state index in [1.807, 2.05) is 12.1 Å². The van der Waals surface area contributed by atoms with Crippen LogP contribution in [0.15, 0.2) is 35.4 Å². The third-order valence-corrected chi connectivity index (χ3v) is 4.25. The Labute approximate surface area is 142 Å². The Hall–Kier alpha value is -2.63. The number of aromatic nitrogens is 2. The smallest absolute Gasteiger partial charge is 0.291 e. The molecule has 6 nitrogen and oxygen atoms in total. The van der Waals surface area contributed by atoms with E-state index in [-0.39, 0.29) is 5.91 Å². The van der Waals surface area contributed by atoms with Crippen LogP contribution in [0.3, 0.4) is 0 Å². The average Bonchev–Trinajstić information content (AvgIpc) is 3.34. The number of benzene rings is 1. The van der Waals surface area contributed by atoms with Gasteiger partial charge in [0, 0.05) is 30.4 Å². The quantitative estimate of drug-likeness (QED) is 0.607. The number of hydrogen-bond donors (Lipinski definition) is 2. The molecular formula is C18H23N5O. The molecule has 0 aliphatic heterocycles. The van der Waals surface area contributed by atoms with Gasteiger partial charge < -0.3 is 4.90 Å². The van der Waals surface area contributed by atoms with Gasteiger partial charge in [-0.25, -0.2) is 5.43 Å². The molecule has 2 N–H and O–H groups in total. The first-order valence-corrected chi connectivity index (χ1v) is 8.45. The lowest BCUT2D eigenvalue weighted by Crippen LogP contribution is -2.21. The van der Waals surface area contributed by atoms with Crippen LogP contribution in [0, 0.1) is 0 Å². The van der Waals surface area contributed by atoms with Gasteiger partial charge in [-0.3, -0.25) is 9.89 Å². The molecule has 0 radical (unpaired) electrons. The molecule has 1 aromatic carbocycles. The van der Waals surface area contributed by atoms with Gasteiger partial charge in [0.05, 0.1) is 6.21 Å². The van der Waals surface area contributed by atoms with Gasteiger partial charge in [-0.1, -0.05) is 12.1 Å². The molecule has 0 bridgehead atoms. The maximum Gasteiger partial charge on any atom is 0.291 e. The van der Waals surface area contributed by atoms with Gasteiger partial charge in [0.1, 0.15) is 0 Å². The van der Waals surface area contributed by atoms with Crippen LogP contribution in [0.25, 0.3) is 0 Å². The minimum Gasteiger partial charge on any atom is -0.372 e. The van der Waals surface area contributed by atoms with E-state index >= 15 is 0 Å². The van der Waals surface area contributed by atoms with Crippen LogP contribution >= 0.6 is 0 Å². The van der Waals surface area contributed by atoms with Crippen LogP contribution in [-0.2, 0) is 0 Å². The topological polar surface area (TPSA) is 73.4 Å². The summed E-state index contributed by atoms with van der Waals surface area (Å²) in [5, 5.41) is 11.0. The lowest BCUT2D eigenvalue weighted by molar-refractivity contribution is 0.0950. The summed E-state index contributed by atoms with van der Waals surface area (Å²) in [6.45, 7) is 6.23. The minimum absolute atomic E-state index is 0.297. The molecule has 6 heteroatoms. The highest BCUT2D eigenvalue weighted by Crippen LogP contribution is 2.38. The Morgan fingerprint density at radius 2 is 2.04 bits per heavy atom. The Morgan fingerprint density at radius 1 is 1.33 bits per heavy atom. The number of amides is 1. The van der Waals surface area contributed by atoms with E-state index in [4.69, 9.17) is 0 Å². The molecule has 1 heterocycles. The largest absolute Gasteiger partial charge is 0.372 e. The van der Waals surface area contributed by atoms with Crippen molar-refractivity contribution in [3.8, 4) is 0 Å². The summed E-state index contributed by atoms with van der Waals surface area (Å²) in [6.07, 6.45) is 3.98. The first-order chi connectivity index (χ1) is 11.7. The van der Waals surface area contributed by atoms with Crippen molar-refractivity contribution in [2.24, 2.45) is 5.10 Å². The maximum atomic E-state index is 12.0. The third kappa shape index (κ3) is 3.82. The van der Waals surface area contributed by atoms with Crippen molar-refractivity contribution in [3.05, 3.63) is 47.3 Å². The van der Waals surface area contributed by atoms with Gasteiger partial charge >= 0.3 is 0 Å². The average molecular weight is 325 g/mol. The SMILES string of the molecule is CCN(CC)c1ccc(C=NNC(=O)c2cc(C3CC3)[nH]n2)cc1. The lowest BCUT2D eigenvalue weighted by atomic mass is 10.2. The van der Waals surface area contributed by atoms with E-state index in [1.165, 1.54) is 18.5 Å². The summed E-state index contributed by atoms with van der Waals surface area (Å²) in [5.41, 5.74) is 6.06.